The summed E-state index contributed by atoms with van der Waals surface area (Å²) in [5.41, 5.74) is 4.43. The van der Waals surface area contributed by atoms with Crippen LogP contribution < -0.4 is 0 Å². The zero-order chi connectivity index (χ0) is 32.7. The fourth-order valence-electron chi connectivity index (χ4n) is 6.54. The van der Waals surface area contributed by atoms with Crippen LogP contribution in [0.4, 0.5) is 0 Å². The molecule has 4 aromatic carbocycles. The standard InChI is InChI=1S/C36H36Cl2N10/c37-31-17-9-7-15-29(31)33(35-39-41-43-47(35)21-19-27-11-3-1-4-12-27)45-23-25-46(26-24-45)34(30-16-8-10-18-32(30)38)36-40-42-44-48(36)22-20-28-13-5-2-6-14-28/h1-18,33-34H,19-26H2/t33-,34-/m0/s1. The van der Waals surface area contributed by atoms with Gasteiger partial charge in [-0.05, 0) is 68.1 Å². The van der Waals surface area contributed by atoms with Crippen molar-refractivity contribution in [1.29, 1.82) is 0 Å². The summed E-state index contributed by atoms with van der Waals surface area (Å²) < 4.78 is 3.83. The van der Waals surface area contributed by atoms with Crippen molar-refractivity contribution in [3.63, 3.8) is 0 Å². The van der Waals surface area contributed by atoms with Gasteiger partial charge in [-0.25, -0.2) is 9.36 Å². The first-order valence-corrected chi connectivity index (χ1v) is 17.0. The predicted octanol–water partition coefficient (Wildman–Crippen LogP) is 5.95. The lowest BCUT2D eigenvalue weighted by Gasteiger charge is -2.42. The Balaban J connectivity index is 1.15. The summed E-state index contributed by atoms with van der Waals surface area (Å²) >= 11 is 13.7. The lowest BCUT2D eigenvalue weighted by atomic mass is 10.0. The highest BCUT2D eigenvalue weighted by molar-refractivity contribution is 6.31. The van der Waals surface area contributed by atoms with E-state index in [9.17, 15) is 0 Å². The van der Waals surface area contributed by atoms with Gasteiger partial charge < -0.3 is 0 Å². The normalized spacial score (nSPS) is 15.4. The van der Waals surface area contributed by atoms with Gasteiger partial charge in [-0.2, -0.15) is 0 Å². The van der Waals surface area contributed by atoms with E-state index in [1.54, 1.807) is 0 Å². The Kier molecular flexibility index (Phi) is 10.1. The van der Waals surface area contributed by atoms with Crippen molar-refractivity contribution in [1.82, 2.24) is 50.2 Å². The zero-order valence-electron chi connectivity index (χ0n) is 26.4. The number of hydrogen-bond acceptors (Lipinski definition) is 8. The lowest BCUT2D eigenvalue weighted by molar-refractivity contribution is 0.0823. The highest BCUT2D eigenvalue weighted by Crippen LogP contribution is 2.36. The zero-order valence-corrected chi connectivity index (χ0v) is 27.9. The summed E-state index contributed by atoms with van der Waals surface area (Å²) in [4.78, 5) is 4.84. The van der Waals surface area contributed by atoms with Crippen LogP contribution in [0.25, 0.3) is 0 Å². The van der Waals surface area contributed by atoms with E-state index >= 15 is 0 Å². The third kappa shape index (κ3) is 7.17. The van der Waals surface area contributed by atoms with Crippen LogP contribution in [0, 0.1) is 0 Å². The van der Waals surface area contributed by atoms with E-state index in [0.717, 1.165) is 61.8 Å². The number of nitrogens with zero attached hydrogens (tertiary/aromatic N) is 10. The van der Waals surface area contributed by atoms with E-state index in [0.29, 0.717) is 23.1 Å². The van der Waals surface area contributed by atoms with Crippen molar-refractivity contribution in [2.45, 2.75) is 38.0 Å². The molecule has 48 heavy (non-hydrogen) atoms. The van der Waals surface area contributed by atoms with Gasteiger partial charge in [0.15, 0.2) is 11.6 Å². The SMILES string of the molecule is Clc1ccccc1[C@@H](c1nnnn1CCc1ccccc1)N1CCN([C@@H](c2ccccc2Cl)c2nnnn2CCc2ccccc2)CC1. The average molecular weight is 680 g/mol. The minimum Gasteiger partial charge on any atom is -0.287 e. The molecule has 7 rings (SSSR count). The molecule has 0 amide bonds. The van der Waals surface area contributed by atoms with Gasteiger partial charge in [0.25, 0.3) is 0 Å². The molecule has 0 unspecified atom stereocenters. The molecule has 1 aliphatic rings. The molecule has 1 saturated heterocycles. The van der Waals surface area contributed by atoms with Crippen LogP contribution in [0.2, 0.25) is 10.0 Å². The number of rotatable bonds is 12. The second kappa shape index (κ2) is 15.2. The Labute approximate surface area is 289 Å². The van der Waals surface area contributed by atoms with Gasteiger partial charge >= 0.3 is 0 Å². The molecular weight excluding hydrogens is 643 g/mol. The maximum absolute atomic E-state index is 6.86. The molecule has 2 aromatic heterocycles. The molecule has 0 saturated carbocycles. The summed E-state index contributed by atoms with van der Waals surface area (Å²) in [5, 5.41) is 27.6. The first kappa shape index (κ1) is 32.1. The number of benzene rings is 4. The van der Waals surface area contributed by atoms with Gasteiger partial charge in [-0.3, -0.25) is 9.80 Å². The molecular formula is C36H36Cl2N10. The minimum absolute atomic E-state index is 0.221. The van der Waals surface area contributed by atoms with Crippen LogP contribution in [0.1, 0.15) is 46.0 Å². The van der Waals surface area contributed by atoms with E-state index in [-0.39, 0.29) is 12.1 Å². The first-order chi connectivity index (χ1) is 23.7. The van der Waals surface area contributed by atoms with Crippen LogP contribution in [0.5, 0.6) is 0 Å². The molecule has 3 heterocycles. The third-order valence-electron chi connectivity index (χ3n) is 9.00. The quantitative estimate of drug-likeness (QED) is 0.157. The number of hydrogen-bond donors (Lipinski definition) is 0. The van der Waals surface area contributed by atoms with Crippen molar-refractivity contribution in [2.75, 3.05) is 26.2 Å². The Bertz CT molecular complexity index is 1770. The molecule has 0 bridgehead atoms. The fourth-order valence-corrected chi connectivity index (χ4v) is 7.02. The Morgan fingerprint density at radius 1 is 0.500 bits per heavy atom. The van der Waals surface area contributed by atoms with Crippen LogP contribution in [0.15, 0.2) is 109 Å². The van der Waals surface area contributed by atoms with E-state index in [1.165, 1.54) is 11.1 Å². The van der Waals surface area contributed by atoms with Crippen LogP contribution >= 0.6 is 23.2 Å². The predicted molar refractivity (Wildman–Crippen MR) is 186 cm³/mol. The van der Waals surface area contributed by atoms with Gasteiger partial charge in [0, 0.05) is 49.3 Å². The van der Waals surface area contributed by atoms with E-state index in [1.807, 2.05) is 57.9 Å². The van der Waals surface area contributed by atoms with Gasteiger partial charge in [-0.15, -0.1) is 10.2 Å². The number of aryl methyl sites for hydroxylation is 4. The molecule has 0 aliphatic carbocycles. The third-order valence-corrected chi connectivity index (χ3v) is 9.69. The average Bonchev–Trinajstić information content (AvgIpc) is 3.80. The summed E-state index contributed by atoms with van der Waals surface area (Å²) in [5.74, 6) is 1.56. The summed E-state index contributed by atoms with van der Waals surface area (Å²) in [6, 6.07) is 36.3. The second-order valence-electron chi connectivity index (χ2n) is 11.9. The molecule has 0 radical (unpaired) electrons. The molecule has 1 fully saturated rings. The van der Waals surface area contributed by atoms with Gasteiger partial charge in [0.1, 0.15) is 0 Å². The smallest absolute Gasteiger partial charge is 0.173 e. The van der Waals surface area contributed by atoms with Gasteiger partial charge in [0.2, 0.25) is 0 Å². The molecule has 244 valence electrons. The van der Waals surface area contributed by atoms with Crippen molar-refractivity contribution in [3.8, 4) is 0 Å². The van der Waals surface area contributed by atoms with E-state index < -0.39 is 0 Å². The highest BCUT2D eigenvalue weighted by atomic mass is 35.5. The number of tetrazole rings is 2. The summed E-state index contributed by atoms with van der Waals surface area (Å²) in [6.45, 7) is 4.30. The molecule has 1 aliphatic heterocycles. The van der Waals surface area contributed by atoms with E-state index in [4.69, 9.17) is 23.2 Å². The molecule has 2 atom stereocenters. The van der Waals surface area contributed by atoms with Crippen LogP contribution in [-0.2, 0) is 25.9 Å². The van der Waals surface area contributed by atoms with Crippen molar-refractivity contribution in [3.05, 3.63) is 153 Å². The molecule has 0 N–H and O–H groups in total. The Hall–Kier alpha value is -4.48. The number of piperazine rings is 1. The highest BCUT2D eigenvalue weighted by Gasteiger charge is 2.36. The van der Waals surface area contributed by atoms with Crippen LogP contribution in [0.3, 0.4) is 0 Å². The largest absolute Gasteiger partial charge is 0.287 e. The molecule has 6 aromatic rings. The lowest BCUT2D eigenvalue weighted by Crippen LogP contribution is -2.50. The maximum atomic E-state index is 6.86. The molecule has 12 heteroatoms. The number of halogens is 2. The Morgan fingerprint density at radius 3 is 1.27 bits per heavy atom. The molecule has 10 nitrogen and oxygen atoms in total. The first-order valence-electron chi connectivity index (χ1n) is 16.2. The topological polar surface area (TPSA) is 93.7 Å². The second-order valence-corrected chi connectivity index (χ2v) is 12.7. The fraction of sp³-hybridized carbons (Fsp3) is 0.278. The van der Waals surface area contributed by atoms with E-state index in [2.05, 4.69) is 102 Å². The van der Waals surface area contributed by atoms with Gasteiger partial charge in [0.05, 0.1) is 12.1 Å². The van der Waals surface area contributed by atoms with Crippen LogP contribution in [-0.4, -0.2) is 76.4 Å². The summed E-state index contributed by atoms with van der Waals surface area (Å²) in [6.07, 6.45) is 1.64. The molecule has 0 spiro atoms. The van der Waals surface area contributed by atoms with Crippen molar-refractivity contribution in [2.24, 2.45) is 0 Å². The maximum Gasteiger partial charge on any atom is 0.173 e. The van der Waals surface area contributed by atoms with Crippen molar-refractivity contribution < 1.29 is 0 Å². The monoisotopic (exact) mass is 678 g/mol. The number of aromatic nitrogens is 8. The van der Waals surface area contributed by atoms with Gasteiger partial charge in [-0.1, -0.05) is 120 Å². The van der Waals surface area contributed by atoms with Crippen molar-refractivity contribution >= 4 is 23.2 Å². The summed E-state index contributed by atoms with van der Waals surface area (Å²) in [7, 11) is 0. The Morgan fingerprint density at radius 2 is 0.875 bits per heavy atom. The minimum atomic E-state index is -0.221.